The number of hydrogen-bond acceptors (Lipinski definition) is 5. The number of benzene rings is 2. The molecule has 2 aromatic carbocycles. The Bertz CT molecular complexity index is 1520. The van der Waals surface area contributed by atoms with E-state index in [9.17, 15) is 18.0 Å². The van der Waals surface area contributed by atoms with Crippen LogP contribution in [-0.4, -0.2) is 35.6 Å². The van der Waals surface area contributed by atoms with E-state index in [1.165, 1.54) is 16.2 Å². The molecule has 0 spiro atoms. The van der Waals surface area contributed by atoms with Crippen molar-refractivity contribution in [1.29, 1.82) is 0 Å². The monoisotopic (exact) mass is 492 g/mol. The Hall–Kier alpha value is -4.14. The van der Waals surface area contributed by atoms with E-state index >= 15 is 0 Å². The van der Waals surface area contributed by atoms with E-state index in [1.807, 2.05) is 24.3 Å². The molecule has 2 heterocycles. The lowest BCUT2D eigenvalue weighted by Gasteiger charge is -2.15. The summed E-state index contributed by atoms with van der Waals surface area (Å²) in [6.45, 7) is -1.48. The van der Waals surface area contributed by atoms with Gasteiger partial charge in [-0.05, 0) is 66.3 Å². The first-order valence-electron chi connectivity index (χ1n) is 11.4. The zero-order chi connectivity index (χ0) is 25.4. The van der Waals surface area contributed by atoms with E-state index in [0.717, 1.165) is 12.8 Å². The molecule has 2 aromatic heterocycles. The van der Waals surface area contributed by atoms with Crippen molar-refractivity contribution >= 4 is 22.9 Å². The second kappa shape index (κ2) is 9.14. The summed E-state index contributed by atoms with van der Waals surface area (Å²) in [6.07, 6.45) is -0.617. The smallest absolute Gasteiger partial charge is 0.422 e. The average molecular weight is 493 g/mol. The summed E-state index contributed by atoms with van der Waals surface area (Å²) in [5.41, 5.74) is 9.84. The second-order valence-corrected chi connectivity index (χ2v) is 8.76. The van der Waals surface area contributed by atoms with Gasteiger partial charge in [-0.1, -0.05) is 18.2 Å². The Morgan fingerprint density at radius 1 is 1.11 bits per heavy atom. The maximum atomic E-state index is 13.8. The zero-order valence-electron chi connectivity index (χ0n) is 19.4. The van der Waals surface area contributed by atoms with Crippen molar-refractivity contribution in [3.63, 3.8) is 0 Å². The van der Waals surface area contributed by atoms with Gasteiger partial charge in [0, 0.05) is 41.5 Å². The van der Waals surface area contributed by atoms with Crippen molar-refractivity contribution in [3.05, 3.63) is 82.1 Å². The van der Waals surface area contributed by atoms with E-state index in [2.05, 4.69) is 9.98 Å². The van der Waals surface area contributed by atoms with Crippen LogP contribution >= 0.6 is 0 Å². The Labute approximate surface area is 204 Å². The van der Waals surface area contributed by atoms with Gasteiger partial charge in [0.15, 0.2) is 12.3 Å². The quantitative estimate of drug-likeness (QED) is 0.285. The van der Waals surface area contributed by atoms with Gasteiger partial charge in [-0.3, -0.25) is 14.4 Å². The molecule has 9 heteroatoms. The highest BCUT2D eigenvalue weighted by molar-refractivity contribution is 5.90. The van der Waals surface area contributed by atoms with Crippen molar-refractivity contribution in [1.82, 2.24) is 9.55 Å². The number of nitrogens with zero attached hydrogens (tertiary/aromatic N) is 3. The summed E-state index contributed by atoms with van der Waals surface area (Å²) < 4.78 is 44.4. The van der Waals surface area contributed by atoms with Crippen LogP contribution in [0.15, 0.2) is 70.5 Å². The molecule has 1 aliphatic carbocycles. The Morgan fingerprint density at radius 3 is 2.53 bits per heavy atom. The minimum absolute atomic E-state index is 0.202. The molecule has 0 radical (unpaired) electrons. The molecule has 0 bridgehead atoms. The number of aliphatic imine (C=N–C) groups is 1. The van der Waals surface area contributed by atoms with Gasteiger partial charge >= 0.3 is 6.18 Å². The van der Waals surface area contributed by atoms with Crippen LogP contribution in [0.25, 0.3) is 27.8 Å². The fourth-order valence-electron chi connectivity index (χ4n) is 4.16. The van der Waals surface area contributed by atoms with Crippen LogP contribution in [0.3, 0.4) is 0 Å². The lowest BCUT2D eigenvalue weighted by molar-refractivity contribution is -0.154. The summed E-state index contributed by atoms with van der Waals surface area (Å²) in [7, 11) is 1.63. The standard InChI is InChI=1S/C27H23F3N4O2/c1-32-14-20-12-18(6-10-23(20)31)22-13-19-7-11-24(36-15-27(28,29)30)33-25(19)34(26(22)35)21-8-4-17(5-9-21)16-2-3-16/h4-14,16H,2-3,15,31H2,1H3. The number of aromatic nitrogens is 2. The SMILES string of the molecule is CN=Cc1cc(-c2cc3ccc(OCC(F)(F)F)nc3n(-c3ccc(C4CC4)cc3)c2=O)ccc1N. The van der Waals surface area contributed by atoms with Crippen LogP contribution in [0.2, 0.25) is 0 Å². The minimum atomic E-state index is -4.51. The van der Waals surface area contributed by atoms with Gasteiger partial charge in [0.1, 0.15) is 0 Å². The topological polar surface area (TPSA) is 82.5 Å². The van der Waals surface area contributed by atoms with E-state index in [0.29, 0.717) is 39.4 Å². The van der Waals surface area contributed by atoms with Crippen molar-refractivity contribution < 1.29 is 17.9 Å². The van der Waals surface area contributed by atoms with E-state index in [-0.39, 0.29) is 17.1 Å². The Kier molecular flexibility index (Phi) is 5.99. The fourth-order valence-corrected chi connectivity index (χ4v) is 4.16. The predicted molar refractivity (Wildman–Crippen MR) is 134 cm³/mol. The Morgan fingerprint density at radius 2 is 1.86 bits per heavy atom. The second-order valence-electron chi connectivity index (χ2n) is 8.76. The van der Waals surface area contributed by atoms with Crippen LogP contribution < -0.4 is 16.0 Å². The van der Waals surface area contributed by atoms with Gasteiger partial charge in [-0.2, -0.15) is 18.2 Å². The molecule has 0 aliphatic heterocycles. The van der Waals surface area contributed by atoms with Gasteiger partial charge in [0.2, 0.25) is 5.88 Å². The molecule has 184 valence electrons. The molecule has 0 amide bonds. The van der Waals surface area contributed by atoms with Crippen LogP contribution in [0.5, 0.6) is 5.88 Å². The Balaban J connectivity index is 1.70. The van der Waals surface area contributed by atoms with Crippen LogP contribution in [0, 0.1) is 0 Å². The number of anilines is 1. The number of hydrogen-bond donors (Lipinski definition) is 1. The largest absolute Gasteiger partial charge is 0.468 e. The molecule has 0 unspecified atom stereocenters. The van der Waals surface area contributed by atoms with E-state index in [1.54, 1.807) is 43.6 Å². The summed E-state index contributed by atoms with van der Waals surface area (Å²) in [5.74, 6) is 0.317. The van der Waals surface area contributed by atoms with Gasteiger partial charge in [0.25, 0.3) is 5.56 Å². The molecular formula is C27H23F3N4O2. The summed E-state index contributed by atoms with van der Waals surface area (Å²) in [4.78, 5) is 22.1. The zero-order valence-corrected chi connectivity index (χ0v) is 19.4. The third-order valence-corrected chi connectivity index (χ3v) is 6.07. The highest BCUT2D eigenvalue weighted by Gasteiger charge is 2.29. The molecule has 1 fully saturated rings. The van der Waals surface area contributed by atoms with Crippen molar-refractivity contribution in [2.75, 3.05) is 19.4 Å². The maximum absolute atomic E-state index is 13.8. The molecule has 1 aliphatic rings. The number of pyridine rings is 2. The maximum Gasteiger partial charge on any atom is 0.422 e. The number of alkyl halides is 3. The minimum Gasteiger partial charge on any atom is -0.468 e. The molecule has 6 nitrogen and oxygen atoms in total. The lowest BCUT2D eigenvalue weighted by Crippen LogP contribution is -2.22. The van der Waals surface area contributed by atoms with Crippen LogP contribution in [-0.2, 0) is 0 Å². The number of ether oxygens (including phenoxy) is 1. The van der Waals surface area contributed by atoms with Gasteiger partial charge < -0.3 is 10.5 Å². The predicted octanol–water partition coefficient (Wildman–Crippen LogP) is 5.50. The number of halogens is 3. The number of fused-ring (bicyclic) bond motifs is 1. The molecule has 36 heavy (non-hydrogen) atoms. The summed E-state index contributed by atoms with van der Waals surface area (Å²) in [6, 6.07) is 17.5. The van der Waals surface area contributed by atoms with E-state index in [4.69, 9.17) is 10.5 Å². The van der Waals surface area contributed by atoms with Gasteiger partial charge in [-0.15, -0.1) is 0 Å². The highest BCUT2D eigenvalue weighted by atomic mass is 19.4. The molecule has 5 rings (SSSR count). The van der Waals surface area contributed by atoms with Crippen LogP contribution in [0.4, 0.5) is 18.9 Å². The van der Waals surface area contributed by atoms with Gasteiger partial charge in [-0.25, -0.2) is 0 Å². The first-order valence-corrected chi connectivity index (χ1v) is 11.4. The summed E-state index contributed by atoms with van der Waals surface area (Å²) >= 11 is 0. The lowest BCUT2D eigenvalue weighted by atomic mass is 10.0. The molecule has 0 saturated heterocycles. The van der Waals surface area contributed by atoms with Crippen molar-refractivity contribution in [2.45, 2.75) is 24.9 Å². The molecule has 4 aromatic rings. The average Bonchev–Trinajstić information content (AvgIpc) is 3.69. The molecule has 1 saturated carbocycles. The third kappa shape index (κ3) is 4.82. The van der Waals surface area contributed by atoms with Gasteiger partial charge in [0.05, 0.1) is 5.69 Å². The van der Waals surface area contributed by atoms with Crippen molar-refractivity contribution in [2.24, 2.45) is 4.99 Å². The molecule has 2 N–H and O–H groups in total. The fraction of sp³-hybridized carbons (Fsp3) is 0.222. The number of nitrogens with two attached hydrogens (primary N) is 1. The van der Waals surface area contributed by atoms with E-state index < -0.39 is 12.8 Å². The third-order valence-electron chi connectivity index (χ3n) is 6.07. The normalized spacial score (nSPS) is 14.0. The molecular weight excluding hydrogens is 469 g/mol. The van der Waals surface area contributed by atoms with Crippen LogP contribution in [0.1, 0.15) is 29.9 Å². The highest BCUT2D eigenvalue weighted by Crippen LogP contribution is 2.40. The summed E-state index contributed by atoms with van der Waals surface area (Å²) in [5, 5.41) is 0.567. The first kappa shape index (κ1) is 23.6. The number of nitrogen functional groups attached to an aromatic ring is 1. The first-order chi connectivity index (χ1) is 17.2. The van der Waals surface area contributed by atoms with Crippen molar-refractivity contribution in [3.8, 4) is 22.7 Å². The number of rotatable bonds is 6. The molecule has 0 atom stereocenters.